The molecule has 1 unspecified atom stereocenters. The van der Waals surface area contributed by atoms with Gasteiger partial charge in [0, 0.05) is 0 Å². The summed E-state index contributed by atoms with van der Waals surface area (Å²) in [7, 11) is 1.38. The summed E-state index contributed by atoms with van der Waals surface area (Å²) in [5, 5.41) is 0. The smallest absolute Gasteiger partial charge is 0.335 e. The molecule has 0 saturated heterocycles. The molecule has 0 amide bonds. The molecule has 13 heavy (non-hydrogen) atoms. The van der Waals surface area contributed by atoms with Crippen molar-refractivity contribution in [1.82, 2.24) is 0 Å². The second-order valence-corrected chi connectivity index (χ2v) is 4.42. The van der Waals surface area contributed by atoms with E-state index in [1.165, 1.54) is 7.11 Å². The fourth-order valence-corrected chi connectivity index (χ4v) is 0.953. The molecule has 3 nitrogen and oxygen atoms in total. The van der Waals surface area contributed by atoms with Gasteiger partial charge in [-0.15, -0.1) is 0 Å². The van der Waals surface area contributed by atoms with Crippen LogP contribution in [0.2, 0.25) is 0 Å². The van der Waals surface area contributed by atoms with Crippen LogP contribution in [0.25, 0.3) is 0 Å². The zero-order chi connectivity index (χ0) is 10.6. The highest BCUT2D eigenvalue weighted by Gasteiger charge is 2.28. The van der Waals surface area contributed by atoms with Crippen molar-refractivity contribution in [1.29, 1.82) is 0 Å². The minimum atomic E-state index is -0.468. The third-order valence-electron chi connectivity index (χ3n) is 1.52. The van der Waals surface area contributed by atoms with Crippen LogP contribution in [0.15, 0.2) is 0 Å². The molecule has 0 aromatic heterocycles. The Morgan fingerprint density at radius 3 is 1.92 bits per heavy atom. The van der Waals surface area contributed by atoms with Crippen molar-refractivity contribution < 1.29 is 14.3 Å². The van der Waals surface area contributed by atoms with Gasteiger partial charge < -0.3 is 9.47 Å². The van der Waals surface area contributed by atoms with Gasteiger partial charge in [0.25, 0.3) is 0 Å². The van der Waals surface area contributed by atoms with E-state index >= 15 is 0 Å². The number of esters is 1. The maximum absolute atomic E-state index is 11.3. The Hall–Kier alpha value is -0.570. The van der Waals surface area contributed by atoms with Crippen molar-refractivity contribution in [3.05, 3.63) is 0 Å². The van der Waals surface area contributed by atoms with Gasteiger partial charge in [-0.25, -0.2) is 4.79 Å². The van der Waals surface area contributed by atoms with Gasteiger partial charge in [-0.05, 0) is 26.7 Å². The minimum Gasteiger partial charge on any atom is -0.467 e. The van der Waals surface area contributed by atoms with Crippen LogP contribution in [0.3, 0.4) is 0 Å². The molecule has 3 heteroatoms. The summed E-state index contributed by atoms with van der Waals surface area (Å²) in [6.45, 7) is 9.64. The number of methoxy groups -OCH3 is 1. The molecule has 0 rings (SSSR count). The fourth-order valence-electron chi connectivity index (χ4n) is 0.953. The zero-order valence-corrected chi connectivity index (χ0v) is 9.38. The van der Waals surface area contributed by atoms with E-state index in [1.807, 2.05) is 34.6 Å². The van der Waals surface area contributed by atoms with Gasteiger partial charge in [-0.3, -0.25) is 0 Å². The summed E-state index contributed by atoms with van der Waals surface area (Å²) < 4.78 is 10.2. The standard InChI is InChI=1S/C10H20O3/c1-7(2)8(9(11)12-6)13-10(3,4)5/h7-8H,1-6H3. The lowest BCUT2D eigenvalue weighted by atomic mass is 10.1. The van der Waals surface area contributed by atoms with Gasteiger partial charge in [0.1, 0.15) is 0 Å². The highest BCUT2D eigenvalue weighted by molar-refractivity contribution is 5.74. The topological polar surface area (TPSA) is 35.5 Å². The van der Waals surface area contributed by atoms with Gasteiger partial charge in [0.15, 0.2) is 6.10 Å². The molecule has 0 aromatic carbocycles. The lowest BCUT2D eigenvalue weighted by molar-refractivity contribution is -0.168. The van der Waals surface area contributed by atoms with Gasteiger partial charge in [-0.2, -0.15) is 0 Å². The van der Waals surface area contributed by atoms with Crippen LogP contribution in [0.5, 0.6) is 0 Å². The fraction of sp³-hybridized carbons (Fsp3) is 0.900. The molecule has 78 valence electrons. The predicted octanol–water partition coefficient (Wildman–Crippen LogP) is 2.00. The first-order chi connectivity index (χ1) is 5.78. The molecular formula is C10H20O3. The quantitative estimate of drug-likeness (QED) is 0.635. The van der Waals surface area contributed by atoms with E-state index in [2.05, 4.69) is 4.74 Å². The molecule has 0 aromatic rings. The number of rotatable bonds is 3. The van der Waals surface area contributed by atoms with E-state index in [9.17, 15) is 4.79 Å². The molecule has 0 aliphatic heterocycles. The molecule has 0 saturated carbocycles. The van der Waals surface area contributed by atoms with Crippen molar-refractivity contribution in [3.63, 3.8) is 0 Å². The van der Waals surface area contributed by atoms with Gasteiger partial charge >= 0.3 is 5.97 Å². The van der Waals surface area contributed by atoms with Crippen molar-refractivity contribution in [2.24, 2.45) is 5.92 Å². The summed E-state index contributed by atoms with van der Waals surface area (Å²) in [4.78, 5) is 11.3. The number of hydrogen-bond acceptors (Lipinski definition) is 3. The van der Waals surface area contributed by atoms with Gasteiger partial charge in [0.05, 0.1) is 12.7 Å². The summed E-state index contributed by atoms with van der Waals surface area (Å²) in [5.41, 5.74) is -0.316. The summed E-state index contributed by atoms with van der Waals surface area (Å²) in [6, 6.07) is 0. The van der Waals surface area contributed by atoms with Crippen molar-refractivity contribution in [2.45, 2.75) is 46.3 Å². The summed E-state index contributed by atoms with van der Waals surface area (Å²) >= 11 is 0. The Bertz CT molecular complexity index is 167. The monoisotopic (exact) mass is 188 g/mol. The largest absolute Gasteiger partial charge is 0.467 e. The van der Waals surface area contributed by atoms with Gasteiger partial charge in [0.2, 0.25) is 0 Å². The summed E-state index contributed by atoms with van der Waals surface area (Å²) in [6.07, 6.45) is -0.468. The zero-order valence-electron chi connectivity index (χ0n) is 9.38. The molecule has 0 aliphatic carbocycles. The first-order valence-corrected chi connectivity index (χ1v) is 4.53. The Morgan fingerprint density at radius 2 is 1.69 bits per heavy atom. The first kappa shape index (κ1) is 12.4. The Labute approximate surface area is 80.4 Å². The summed E-state index contributed by atoms with van der Waals surface area (Å²) in [5.74, 6) is -0.170. The number of ether oxygens (including phenoxy) is 2. The first-order valence-electron chi connectivity index (χ1n) is 4.53. The maximum Gasteiger partial charge on any atom is 0.335 e. The lowest BCUT2D eigenvalue weighted by Gasteiger charge is -2.28. The molecule has 0 bridgehead atoms. The normalized spacial score (nSPS) is 14.4. The third-order valence-corrected chi connectivity index (χ3v) is 1.52. The van der Waals surface area contributed by atoms with Gasteiger partial charge in [-0.1, -0.05) is 13.8 Å². The molecular weight excluding hydrogens is 168 g/mol. The van der Waals surface area contributed by atoms with Crippen LogP contribution in [-0.2, 0) is 14.3 Å². The Balaban J connectivity index is 4.36. The molecule has 0 aliphatic rings. The number of carbonyl (C=O) groups excluding carboxylic acids is 1. The van der Waals surface area contributed by atoms with E-state index in [0.717, 1.165) is 0 Å². The molecule has 1 atom stereocenters. The van der Waals surface area contributed by atoms with Crippen molar-refractivity contribution >= 4 is 5.97 Å². The second-order valence-electron chi connectivity index (χ2n) is 4.42. The lowest BCUT2D eigenvalue weighted by Crippen LogP contribution is -2.37. The second kappa shape index (κ2) is 4.61. The predicted molar refractivity (Wildman–Crippen MR) is 51.5 cm³/mol. The van der Waals surface area contributed by atoms with E-state index in [4.69, 9.17) is 4.74 Å². The number of hydrogen-bond donors (Lipinski definition) is 0. The average molecular weight is 188 g/mol. The molecule has 0 heterocycles. The van der Waals surface area contributed by atoms with E-state index in [1.54, 1.807) is 0 Å². The molecule has 0 N–H and O–H groups in total. The highest BCUT2D eigenvalue weighted by Crippen LogP contribution is 2.17. The Kier molecular flexibility index (Phi) is 4.40. The van der Waals surface area contributed by atoms with Crippen LogP contribution in [-0.4, -0.2) is 24.8 Å². The van der Waals surface area contributed by atoms with Crippen LogP contribution < -0.4 is 0 Å². The van der Waals surface area contributed by atoms with Crippen LogP contribution in [0.4, 0.5) is 0 Å². The molecule has 0 spiro atoms. The van der Waals surface area contributed by atoms with E-state index in [0.29, 0.717) is 0 Å². The van der Waals surface area contributed by atoms with Crippen molar-refractivity contribution in [3.8, 4) is 0 Å². The van der Waals surface area contributed by atoms with E-state index < -0.39 is 6.10 Å². The maximum atomic E-state index is 11.3. The third kappa shape index (κ3) is 4.88. The highest BCUT2D eigenvalue weighted by atomic mass is 16.6. The minimum absolute atomic E-state index is 0.131. The average Bonchev–Trinajstić information content (AvgIpc) is 1.96. The molecule has 0 radical (unpaired) electrons. The van der Waals surface area contributed by atoms with Crippen LogP contribution in [0, 0.1) is 5.92 Å². The SMILES string of the molecule is COC(=O)C(OC(C)(C)C)C(C)C. The Morgan fingerprint density at radius 1 is 1.23 bits per heavy atom. The molecule has 0 fully saturated rings. The number of carbonyl (C=O) groups is 1. The van der Waals surface area contributed by atoms with Crippen LogP contribution in [0.1, 0.15) is 34.6 Å². The van der Waals surface area contributed by atoms with Crippen molar-refractivity contribution in [2.75, 3.05) is 7.11 Å². The van der Waals surface area contributed by atoms with E-state index in [-0.39, 0.29) is 17.5 Å². The van der Waals surface area contributed by atoms with Crippen LogP contribution >= 0.6 is 0 Å².